The fraction of sp³-hybridized carbons (Fsp3) is 0.353. The van der Waals surface area contributed by atoms with Crippen LogP contribution in [0, 0.1) is 0 Å². The van der Waals surface area contributed by atoms with Gasteiger partial charge in [-0.25, -0.2) is 8.42 Å². The van der Waals surface area contributed by atoms with E-state index in [4.69, 9.17) is 8.94 Å². The summed E-state index contributed by atoms with van der Waals surface area (Å²) in [6, 6.07) is 10.7. The molecule has 3 rings (SSSR count). The number of hydrogen-bond acceptors (Lipinski definition) is 5. The minimum atomic E-state index is -3.54. The van der Waals surface area contributed by atoms with Gasteiger partial charge in [-0.1, -0.05) is 30.3 Å². The van der Waals surface area contributed by atoms with Crippen molar-refractivity contribution >= 4 is 21.0 Å². The normalized spacial score (nSPS) is 13.6. The minimum Gasteiger partial charge on any atom is -0.459 e. The van der Waals surface area contributed by atoms with E-state index < -0.39 is 16.1 Å². The molecular weight excluding hydrogens is 328 g/mol. The Balaban J connectivity index is 1.91. The zero-order valence-corrected chi connectivity index (χ0v) is 14.5. The molecule has 6 nitrogen and oxygen atoms in total. The van der Waals surface area contributed by atoms with Crippen molar-refractivity contribution in [3.8, 4) is 0 Å². The summed E-state index contributed by atoms with van der Waals surface area (Å²) in [6.45, 7) is 4.20. The van der Waals surface area contributed by atoms with Crippen molar-refractivity contribution in [3.05, 3.63) is 54.1 Å². The predicted octanol–water partition coefficient (Wildman–Crippen LogP) is 3.72. The Morgan fingerprint density at radius 2 is 2.04 bits per heavy atom. The van der Waals surface area contributed by atoms with Crippen molar-refractivity contribution in [2.75, 3.05) is 6.54 Å². The van der Waals surface area contributed by atoms with Crippen LogP contribution in [0.25, 0.3) is 11.0 Å². The number of benzene rings is 1. The van der Waals surface area contributed by atoms with Crippen LogP contribution in [-0.4, -0.2) is 24.4 Å². The summed E-state index contributed by atoms with van der Waals surface area (Å²) in [7, 11) is -3.54. The summed E-state index contributed by atoms with van der Waals surface area (Å²) < 4.78 is 37.7. The Morgan fingerprint density at radius 3 is 2.71 bits per heavy atom. The molecule has 0 N–H and O–H groups in total. The van der Waals surface area contributed by atoms with Crippen molar-refractivity contribution in [3.63, 3.8) is 0 Å². The van der Waals surface area contributed by atoms with Gasteiger partial charge in [0.05, 0.1) is 11.7 Å². The molecule has 0 aliphatic heterocycles. The highest BCUT2D eigenvalue weighted by Gasteiger charge is 2.30. The fourth-order valence-corrected chi connectivity index (χ4v) is 4.46. The van der Waals surface area contributed by atoms with Gasteiger partial charge in [-0.05, 0) is 25.5 Å². The van der Waals surface area contributed by atoms with E-state index in [0.29, 0.717) is 24.4 Å². The van der Waals surface area contributed by atoms with Crippen LogP contribution in [-0.2, 0) is 15.8 Å². The van der Waals surface area contributed by atoms with Gasteiger partial charge in [0.25, 0.3) is 0 Å². The molecule has 0 aliphatic rings. The SMILES string of the molecule is CCCN([C@H](C)c1cc2ccccc2o1)S(=O)(=O)Cc1ccon1. The van der Waals surface area contributed by atoms with Crippen molar-refractivity contribution in [2.45, 2.75) is 32.1 Å². The Morgan fingerprint density at radius 1 is 1.25 bits per heavy atom. The number of furan rings is 1. The molecule has 2 heterocycles. The van der Waals surface area contributed by atoms with Crippen LogP contribution in [0.5, 0.6) is 0 Å². The monoisotopic (exact) mass is 348 g/mol. The minimum absolute atomic E-state index is 0.186. The van der Waals surface area contributed by atoms with Crippen molar-refractivity contribution in [2.24, 2.45) is 0 Å². The number of aromatic nitrogens is 1. The first-order valence-corrected chi connectivity index (χ1v) is 9.49. The van der Waals surface area contributed by atoms with Gasteiger partial charge in [-0.15, -0.1) is 0 Å². The van der Waals surface area contributed by atoms with E-state index in [1.807, 2.05) is 44.2 Å². The average Bonchev–Trinajstić information content (AvgIpc) is 3.20. The van der Waals surface area contributed by atoms with E-state index in [0.717, 1.165) is 11.0 Å². The molecule has 24 heavy (non-hydrogen) atoms. The lowest BCUT2D eigenvalue weighted by atomic mass is 10.2. The summed E-state index contributed by atoms with van der Waals surface area (Å²) in [5, 5.41) is 4.67. The molecule has 0 spiro atoms. The van der Waals surface area contributed by atoms with Gasteiger partial charge in [0.15, 0.2) is 0 Å². The standard InChI is InChI=1S/C17H20N2O4S/c1-3-9-19(24(20,21)12-15-8-10-22-18-15)13(2)17-11-14-6-4-5-7-16(14)23-17/h4-8,10-11,13H,3,9,12H2,1-2H3/t13-/m1/s1. The number of hydrogen-bond donors (Lipinski definition) is 0. The van der Waals surface area contributed by atoms with E-state index in [2.05, 4.69) is 5.16 Å². The maximum absolute atomic E-state index is 12.8. The highest BCUT2D eigenvalue weighted by atomic mass is 32.2. The van der Waals surface area contributed by atoms with E-state index in [9.17, 15) is 8.42 Å². The van der Waals surface area contributed by atoms with E-state index in [-0.39, 0.29) is 5.75 Å². The largest absolute Gasteiger partial charge is 0.459 e. The lowest BCUT2D eigenvalue weighted by molar-refractivity contribution is 0.304. The lowest BCUT2D eigenvalue weighted by Gasteiger charge is -2.26. The van der Waals surface area contributed by atoms with E-state index in [1.165, 1.54) is 10.6 Å². The molecule has 1 aromatic carbocycles. The number of sulfonamides is 1. The molecule has 0 unspecified atom stereocenters. The van der Waals surface area contributed by atoms with Gasteiger partial charge in [-0.2, -0.15) is 4.31 Å². The van der Waals surface area contributed by atoms with Crippen molar-refractivity contribution < 1.29 is 17.4 Å². The Bertz CT molecular complexity index is 867. The van der Waals surface area contributed by atoms with Crippen molar-refractivity contribution in [1.29, 1.82) is 0 Å². The first-order valence-electron chi connectivity index (χ1n) is 7.88. The van der Waals surface area contributed by atoms with Crippen LogP contribution < -0.4 is 0 Å². The molecule has 0 bridgehead atoms. The van der Waals surface area contributed by atoms with Gasteiger partial charge in [0.1, 0.15) is 23.4 Å². The molecule has 0 amide bonds. The molecular formula is C17H20N2O4S. The third-order valence-electron chi connectivity index (χ3n) is 3.91. The second-order valence-electron chi connectivity index (χ2n) is 5.72. The van der Waals surface area contributed by atoms with E-state index in [1.54, 1.807) is 6.07 Å². The highest BCUT2D eigenvalue weighted by Crippen LogP contribution is 2.30. The Kier molecular flexibility index (Phi) is 4.73. The zero-order valence-electron chi connectivity index (χ0n) is 13.7. The number of nitrogens with zero attached hydrogens (tertiary/aromatic N) is 2. The molecule has 0 saturated carbocycles. The Hall–Kier alpha value is -2.12. The molecule has 2 aromatic heterocycles. The molecule has 7 heteroatoms. The fourth-order valence-electron chi connectivity index (χ4n) is 2.73. The Labute approximate surface area is 141 Å². The maximum atomic E-state index is 12.8. The van der Waals surface area contributed by atoms with Crippen LogP contribution in [0.3, 0.4) is 0 Å². The van der Waals surface area contributed by atoms with Gasteiger partial charge in [0.2, 0.25) is 10.0 Å². The van der Waals surface area contributed by atoms with E-state index >= 15 is 0 Å². The maximum Gasteiger partial charge on any atom is 0.220 e. The summed E-state index contributed by atoms with van der Waals surface area (Å²) in [4.78, 5) is 0. The number of para-hydroxylation sites is 1. The molecule has 3 aromatic rings. The third-order valence-corrected chi connectivity index (χ3v) is 5.79. The van der Waals surface area contributed by atoms with Gasteiger partial charge >= 0.3 is 0 Å². The highest BCUT2D eigenvalue weighted by molar-refractivity contribution is 7.88. The second kappa shape index (κ2) is 6.78. The molecule has 128 valence electrons. The summed E-state index contributed by atoms with van der Waals surface area (Å²) in [5.41, 5.74) is 1.15. The summed E-state index contributed by atoms with van der Waals surface area (Å²) in [6.07, 6.45) is 2.08. The molecule has 0 radical (unpaired) electrons. The molecule has 1 atom stereocenters. The summed E-state index contributed by atoms with van der Waals surface area (Å²) in [5.74, 6) is 0.446. The smallest absolute Gasteiger partial charge is 0.220 e. The lowest BCUT2D eigenvalue weighted by Crippen LogP contribution is -2.35. The van der Waals surface area contributed by atoms with Crippen LogP contribution >= 0.6 is 0 Å². The quantitative estimate of drug-likeness (QED) is 0.650. The number of rotatable bonds is 7. The zero-order chi connectivity index (χ0) is 17.2. The molecule has 0 saturated heterocycles. The average molecular weight is 348 g/mol. The molecule has 0 aliphatic carbocycles. The third kappa shape index (κ3) is 3.37. The summed E-state index contributed by atoms with van der Waals surface area (Å²) >= 11 is 0. The number of fused-ring (bicyclic) bond motifs is 1. The predicted molar refractivity (Wildman–Crippen MR) is 90.8 cm³/mol. The van der Waals surface area contributed by atoms with Gasteiger partial charge < -0.3 is 8.94 Å². The van der Waals surface area contributed by atoms with Crippen LogP contribution in [0.1, 0.15) is 37.8 Å². The van der Waals surface area contributed by atoms with Crippen molar-refractivity contribution in [1.82, 2.24) is 9.46 Å². The van der Waals surface area contributed by atoms with Crippen LogP contribution in [0.15, 0.2) is 51.6 Å². The van der Waals surface area contributed by atoms with Gasteiger partial charge in [0, 0.05) is 18.0 Å². The van der Waals surface area contributed by atoms with Gasteiger partial charge in [-0.3, -0.25) is 0 Å². The first-order chi connectivity index (χ1) is 11.5. The van der Waals surface area contributed by atoms with Crippen LogP contribution in [0.4, 0.5) is 0 Å². The first kappa shape index (κ1) is 16.7. The second-order valence-corrected chi connectivity index (χ2v) is 7.64. The topological polar surface area (TPSA) is 76.6 Å². The molecule has 0 fully saturated rings. The van der Waals surface area contributed by atoms with Crippen LogP contribution in [0.2, 0.25) is 0 Å².